The molecule has 3 aromatic rings. The Morgan fingerprint density at radius 1 is 1.19 bits per heavy atom. The number of carbonyl (C=O) groups excluding carboxylic acids is 1. The first-order valence-electron chi connectivity index (χ1n) is 9.78. The monoisotopic (exact) mass is 481 g/mol. The zero-order valence-corrected chi connectivity index (χ0v) is 19.2. The van der Waals surface area contributed by atoms with Gasteiger partial charge in [0.05, 0.1) is 24.4 Å². The maximum atomic E-state index is 13.5. The molecule has 1 heterocycles. The lowest BCUT2D eigenvalue weighted by Gasteiger charge is -2.27. The standard InChI is InChI=1S/C21H21F2N3O2S3/c1-28-20-10-18-13(11-26(25-18)14-3-5-15(6-4-14)30-31-29)9-19(20)24-21(27)12-2-7-16(22)17(23)8-12/h2,7-11,14-15,29H,3-6H2,1H3,(H,24,27)/t14-,15-. The molecular weight excluding hydrogens is 460 g/mol. The van der Waals surface area contributed by atoms with Gasteiger partial charge in [-0.1, -0.05) is 22.5 Å². The lowest BCUT2D eigenvalue weighted by atomic mass is 9.95. The van der Waals surface area contributed by atoms with Crippen molar-refractivity contribution < 1.29 is 18.3 Å². The van der Waals surface area contributed by atoms with Crippen LogP contribution in [0.25, 0.3) is 10.9 Å². The first-order chi connectivity index (χ1) is 15.0. The Balaban J connectivity index is 1.55. The lowest BCUT2D eigenvalue weighted by molar-refractivity contribution is 0.102. The maximum Gasteiger partial charge on any atom is 0.255 e. The van der Waals surface area contributed by atoms with Crippen molar-refractivity contribution in [2.45, 2.75) is 37.0 Å². The largest absolute Gasteiger partial charge is 0.494 e. The van der Waals surface area contributed by atoms with Gasteiger partial charge in [0.1, 0.15) is 5.75 Å². The van der Waals surface area contributed by atoms with Gasteiger partial charge in [-0.05, 0) is 59.8 Å². The third-order valence-electron chi connectivity index (χ3n) is 5.47. The molecule has 0 atom stereocenters. The number of benzene rings is 2. The average Bonchev–Trinajstić information content (AvgIpc) is 3.18. The van der Waals surface area contributed by atoms with E-state index in [2.05, 4.69) is 17.0 Å². The van der Waals surface area contributed by atoms with Crippen LogP contribution in [-0.2, 0) is 0 Å². The van der Waals surface area contributed by atoms with E-state index in [1.54, 1.807) is 12.1 Å². The number of carbonyl (C=O) groups is 1. The topological polar surface area (TPSA) is 56.1 Å². The summed E-state index contributed by atoms with van der Waals surface area (Å²) in [5.41, 5.74) is 1.23. The van der Waals surface area contributed by atoms with Gasteiger partial charge in [-0.3, -0.25) is 9.48 Å². The number of amides is 1. The Hall–Kier alpha value is -1.91. The van der Waals surface area contributed by atoms with Crippen molar-refractivity contribution in [1.82, 2.24) is 9.78 Å². The molecule has 0 saturated heterocycles. The van der Waals surface area contributed by atoms with Crippen LogP contribution in [0, 0.1) is 11.6 Å². The van der Waals surface area contributed by atoms with Crippen LogP contribution in [-0.4, -0.2) is 28.0 Å². The normalized spacial score (nSPS) is 18.8. The fourth-order valence-electron chi connectivity index (χ4n) is 3.82. The molecule has 4 rings (SSSR count). The number of aromatic nitrogens is 2. The fourth-order valence-corrected chi connectivity index (χ4v) is 6.45. The number of thiol groups is 1. The van der Waals surface area contributed by atoms with Crippen molar-refractivity contribution in [3.63, 3.8) is 0 Å². The van der Waals surface area contributed by atoms with Gasteiger partial charge >= 0.3 is 0 Å². The minimum atomic E-state index is -1.07. The van der Waals surface area contributed by atoms with Crippen LogP contribution in [0.3, 0.4) is 0 Å². The molecule has 0 spiro atoms. The second-order valence-electron chi connectivity index (χ2n) is 7.40. The highest BCUT2D eigenvalue weighted by Crippen LogP contribution is 2.41. The molecule has 31 heavy (non-hydrogen) atoms. The van der Waals surface area contributed by atoms with Crippen LogP contribution < -0.4 is 10.1 Å². The Bertz CT molecular complexity index is 1100. The minimum Gasteiger partial charge on any atom is -0.494 e. The van der Waals surface area contributed by atoms with Gasteiger partial charge in [0.25, 0.3) is 5.91 Å². The summed E-state index contributed by atoms with van der Waals surface area (Å²) in [5, 5.41) is 8.94. The van der Waals surface area contributed by atoms with Gasteiger partial charge < -0.3 is 10.1 Å². The van der Waals surface area contributed by atoms with Crippen LogP contribution >= 0.6 is 32.3 Å². The summed E-state index contributed by atoms with van der Waals surface area (Å²) in [6.07, 6.45) is 6.33. The second kappa shape index (κ2) is 9.70. The van der Waals surface area contributed by atoms with E-state index in [-0.39, 0.29) is 5.56 Å². The smallest absolute Gasteiger partial charge is 0.255 e. The summed E-state index contributed by atoms with van der Waals surface area (Å²) >= 11 is 4.23. The summed E-state index contributed by atoms with van der Waals surface area (Å²) in [6.45, 7) is 0. The molecular formula is C21H21F2N3O2S3. The summed E-state index contributed by atoms with van der Waals surface area (Å²) in [5.74, 6) is -2.18. The first kappa shape index (κ1) is 22.3. The van der Waals surface area contributed by atoms with Crippen LogP contribution in [0.2, 0.25) is 0 Å². The number of hydrogen-bond acceptors (Lipinski definition) is 6. The van der Waals surface area contributed by atoms with Crippen LogP contribution in [0.15, 0.2) is 36.5 Å². The van der Waals surface area contributed by atoms with E-state index in [0.29, 0.717) is 22.7 Å². The van der Waals surface area contributed by atoms with Crippen LogP contribution in [0.1, 0.15) is 42.1 Å². The molecule has 1 amide bonds. The van der Waals surface area contributed by atoms with Gasteiger partial charge in [0.15, 0.2) is 11.6 Å². The quantitative estimate of drug-likeness (QED) is 0.320. The number of methoxy groups -OCH3 is 1. The summed E-state index contributed by atoms with van der Waals surface area (Å²) in [4.78, 5) is 12.5. The third-order valence-corrected chi connectivity index (χ3v) is 8.15. The van der Waals surface area contributed by atoms with Crippen molar-refractivity contribution in [2.75, 3.05) is 12.4 Å². The SMILES string of the molecule is COc1cc2nn([C@H]3CC[C@H](SSS)CC3)cc2cc1NC(=O)c1ccc(F)c(F)c1. The molecule has 10 heteroatoms. The van der Waals surface area contributed by atoms with E-state index in [4.69, 9.17) is 9.84 Å². The molecule has 0 unspecified atom stereocenters. The molecule has 1 aliphatic carbocycles. The molecule has 1 saturated carbocycles. The molecule has 164 valence electrons. The Labute approximate surface area is 191 Å². The zero-order valence-electron chi connectivity index (χ0n) is 16.7. The number of hydrogen-bond donors (Lipinski definition) is 2. The Morgan fingerprint density at radius 3 is 2.65 bits per heavy atom. The predicted molar refractivity (Wildman–Crippen MR) is 126 cm³/mol. The van der Waals surface area contributed by atoms with Crippen molar-refractivity contribution in [3.8, 4) is 5.75 Å². The summed E-state index contributed by atoms with van der Waals surface area (Å²) in [7, 11) is 4.84. The molecule has 5 nitrogen and oxygen atoms in total. The van der Waals surface area contributed by atoms with Gasteiger partial charge in [0, 0.05) is 28.5 Å². The number of rotatable bonds is 6. The highest BCUT2D eigenvalue weighted by atomic mass is 33.5. The van der Waals surface area contributed by atoms with E-state index >= 15 is 0 Å². The maximum absolute atomic E-state index is 13.5. The van der Waals surface area contributed by atoms with Crippen molar-refractivity contribution in [3.05, 3.63) is 53.7 Å². The molecule has 0 radical (unpaired) electrons. The number of nitrogens with zero attached hydrogens (tertiary/aromatic N) is 2. The lowest BCUT2D eigenvalue weighted by Crippen LogP contribution is -2.19. The number of ether oxygens (including phenoxy) is 1. The highest BCUT2D eigenvalue weighted by Gasteiger charge is 2.24. The van der Waals surface area contributed by atoms with Crippen molar-refractivity contribution in [1.29, 1.82) is 0 Å². The van der Waals surface area contributed by atoms with Gasteiger partial charge in [0.2, 0.25) is 0 Å². The molecule has 0 aliphatic heterocycles. The van der Waals surface area contributed by atoms with Gasteiger partial charge in [-0.25, -0.2) is 8.78 Å². The molecule has 0 bridgehead atoms. The van der Waals surface area contributed by atoms with E-state index in [9.17, 15) is 13.6 Å². The third kappa shape index (κ3) is 4.96. The average molecular weight is 482 g/mol. The van der Waals surface area contributed by atoms with Crippen LogP contribution in [0.4, 0.5) is 14.5 Å². The Kier molecular flexibility index (Phi) is 6.98. The number of fused-ring (bicyclic) bond motifs is 1. The predicted octanol–water partition coefficient (Wildman–Crippen LogP) is 6.29. The summed E-state index contributed by atoms with van der Waals surface area (Å²) in [6, 6.07) is 6.92. The highest BCUT2D eigenvalue weighted by molar-refractivity contribution is 9.05. The first-order valence-corrected chi connectivity index (χ1v) is 13.0. The van der Waals surface area contributed by atoms with E-state index in [1.165, 1.54) is 23.0 Å². The van der Waals surface area contributed by atoms with Crippen LogP contribution in [0.5, 0.6) is 5.75 Å². The molecule has 2 aromatic carbocycles. The zero-order chi connectivity index (χ0) is 22.0. The van der Waals surface area contributed by atoms with Crippen molar-refractivity contribution in [2.24, 2.45) is 0 Å². The molecule has 1 N–H and O–H groups in total. The minimum absolute atomic E-state index is 0.0192. The number of nitrogens with one attached hydrogen (secondary N) is 1. The van der Waals surface area contributed by atoms with Gasteiger partial charge in [-0.2, -0.15) is 5.10 Å². The van der Waals surface area contributed by atoms with Crippen molar-refractivity contribution >= 4 is 54.8 Å². The summed E-state index contributed by atoms with van der Waals surface area (Å²) < 4.78 is 34.1. The van der Waals surface area contributed by atoms with E-state index < -0.39 is 17.5 Å². The number of halogens is 2. The molecule has 1 fully saturated rings. The second-order valence-corrected chi connectivity index (χ2v) is 10.8. The molecule has 1 aliphatic rings. The van der Waals surface area contributed by atoms with E-state index in [1.807, 2.05) is 21.7 Å². The van der Waals surface area contributed by atoms with E-state index in [0.717, 1.165) is 48.7 Å². The number of anilines is 1. The molecule has 1 aromatic heterocycles. The van der Waals surface area contributed by atoms with Gasteiger partial charge in [-0.15, -0.1) is 0 Å². The fraction of sp³-hybridized carbons (Fsp3) is 0.333. The Morgan fingerprint density at radius 2 is 1.97 bits per heavy atom.